The lowest BCUT2D eigenvalue weighted by Gasteiger charge is -2.18. The van der Waals surface area contributed by atoms with Crippen LogP contribution in [0, 0.1) is 10.1 Å². The maximum Gasteiger partial charge on any atom is 0.273 e. The molecular weight excluding hydrogens is 354 g/mol. The molecule has 2 aromatic carbocycles. The van der Waals surface area contributed by atoms with Gasteiger partial charge in [0.2, 0.25) is 10.0 Å². The van der Waals surface area contributed by atoms with Gasteiger partial charge in [-0.1, -0.05) is 44.2 Å². The number of nitrogens with zero attached hydrogens (tertiary/aromatic N) is 2. The third-order valence-electron chi connectivity index (χ3n) is 4.10. The van der Waals surface area contributed by atoms with E-state index in [2.05, 4.69) is 5.32 Å². The molecule has 0 radical (unpaired) electrons. The Hall–Kier alpha value is -2.29. The van der Waals surface area contributed by atoms with Crippen LogP contribution in [0.4, 0.5) is 5.69 Å². The Kier molecular flexibility index (Phi) is 6.84. The summed E-state index contributed by atoms with van der Waals surface area (Å²) in [4.78, 5) is 10.9. The van der Waals surface area contributed by atoms with Gasteiger partial charge < -0.3 is 5.32 Å². The van der Waals surface area contributed by atoms with Gasteiger partial charge in [0.05, 0.1) is 9.82 Å². The molecule has 8 heteroatoms. The van der Waals surface area contributed by atoms with Crippen LogP contribution in [0.25, 0.3) is 0 Å². The number of hydrogen-bond acceptors (Lipinski definition) is 5. The second-order valence-electron chi connectivity index (χ2n) is 5.72. The van der Waals surface area contributed by atoms with Crippen molar-refractivity contribution in [2.45, 2.75) is 31.8 Å². The summed E-state index contributed by atoms with van der Waals surface area (Å²) in [6.07, 6.45) is 0. The first-order valence-corrected chi connectivity index (χ1v) is 9.86. The van der Waals surface area contributed by atoms with Crippen molar-refractivity contribution in [2.24, 2.45) is 0 Å². The summed E-state index contributed by atoms with van der Waals surface area (Å²) in [5.74, 6) is 0. The first kappa shape index (κ1) is 20.0. The Morgan fingerprint density at radius 1 is 1.00 bits per heavy atom. The molecule has 0 aliphatic carbocycles. The Labute approximate surface area is 153 Å². The lowest BCUT2D eigenvalue weighted by Crippen LogP contribution is -2.30. The third kappa shape index (κ3) is 4.66. The van der Waals surface area contributed by atoms with Gasteiger partial charge in [0.15, 0.2) is 0 Å². The second-order valence-corrected chi connectivity index (χ2v) is 7.66. The van der Waals surface area contributed by atoms with Crippen LogP contribution in [0.2, 0.25) is 0 Å². The molecule has 0 fully saturated rings. The molecule has 7 nitrogen and oxygen atoms in total. The summed E-state index contributed by atoms with van der Waals surface area (Å²) in [7, 11) is -3.46. The lowest BCUT2D eigenvalue weighted by atomic mass is 10.1. The molecule has 0 aliphatic heterocycles. The predicted octanol–water partition coefficient (Wildman–Crippen LogP) is 2.92. The van der Waals surface area contributed by atoms with Crippen molar-refractivity contribution >= 4 is 15.7 Å². The van der Waals surface area contributed by atoms with E-state index in [1.165, 1.54) is 10.4 Å². The van der Waals surface area contributed by atoms with E-state index in [1.807, 2.05) is 13.8 Å². The highest BCUT2D eigenvalue weighted by Crippen LogP contribution is 2.18. The highest BCUT2D eigenvalue weighted by Gasteiger charge is 2.21. The normalized spacial score (nSPS) is 11.7. The molecule has 2 aromatic rings. The number of hydrogen-bond donors (Lipinski definition) is 1. The van der Waals surface area contributed by atoms with E-state index in [0.717, 1.165) is 5.56 Å². The number of benzene rings is 2. The summed E-state index contributed by atoms with van der Waals surface area (Å²) in [6.45, 7) is 5.31. The smallest absolute Gasteiger partial charge is 0.273 e. The van der Waals surface area contributed by atoms with Gasteiger partial charge in [0.1, 0.15) is 0 Å². The van der Waals surface area contributed by atoms with Crippen LogP contribution >= 0.6 is 0 Å². The fourth-order valence-corrected chi connectivity index (χ4v) is 4.13. The molecule has 0 aliphatic rings. The zero-order chi connectivity index (χ0) is 19.2. The number of sulfonamides is 1. The zero-order valence-corrected chi connectivity index (χ0v) is 15.7. The van der Waals surface area contributed by atoms with Crippen molar-refractivity contribution in [1.29, 1.82) is 0 Å². The average molecular weight is 377 g/mol. The van der Waals surface area contributed by atoms with Gasteiger partial charge in [-0.3, -0.25) is 10.1 Å². The first-order chi connectivity index (χ1) is 12.4. The van der Waals surface area contributed by atoms with Gasteiger partial charge in [-0.25, -0.2) is 8.42 Å². The van der Waals surface area contributed by atoms with Crippen molar-refractivity contribution in [3.05, 3.63) is 69.8 Å². The highest BCUT2D eigenvalue weighted by atomic mass is 32.2. The summed E-state index contributed by atoms with van der Waals surface area (Å²) in [6, 6.07) is 13.3. The van der Waals surface area contributed by atoms with E-state index in [0.29, 0.717) is 31.7 Å². The summed E-state index contributed by atoms with van der Waals surface area (Å²) in [5, 5.41) is 14.2. The van der Waals surface area contributed by atoms with E-state index in [4.69, 9.17) is 0 Å². The Morgan fingerprint density at radius 2 is 1.62 bits per heavy atom. The zero-order valence-electron chi connectivity index (χ0n) is 14.9. The van der Waals surface area contributed by atoms with Gasteiger partial charge >= 0.3 is 0 Å². The summed E-state index contributed by atoms with van der Waals surface area (Å²) in [5.41, 5.74) is 1.60. The standard InChI is InChI=1S/C18H23N3O4S/c1-3-20(4-2)26(24,25)17-11-9-15(10-12-17)13-19-14-16-7-5-6-8-18(16)21(22)23/h5-12,19H,3-4,13-14H2,1-2H3. The quantitative estimate of drug-likeness (QED) is 0.536. The highest BCUT2D eigenvalue weighted by molar-refractivity contribution is 7.89. The van der Waals surface area contributed by atoms with Gasteiger partial charge in [-0.05, 0) is 17.7 Å². The van der Waals surface area contributed by atoms with Crippen molar-refractivity contribution < 1.29 is 13.3 Å². The topological polar surface area (TPSA) is 92.6 Å². The number of nitro benzene ring substituents is 1. The maximum absolute atomic E-state index is 12.5. The maximum atomic E-state index is 12.5. The van der Waals surface area contributed by atoms with E-state index < -0.39 is 14.9 Å². The molecule has 0 bridgehead atoms. The molecule has 0 unspecified atom stereocenters. The van der Waals surface area contributed by atoms with Crippen LogP contribution in [0.5, 0.6) is 0 Å². The van der Waals surface area contributed by atoms with E-state index in [1.54, 1.807) is 42.5 Å². The fourth-order valence-electron chi connectivity index (χ4n) is 2.67. The molecule has 2 rings (SSSR count). The molecule has 0 amide bonds. The molecule has 0 saturated carbocycles. The number of rotatable bonds is 9. The number of nitro groups is 1. The van der Waals surface area contributed by atoms with Gasteiger partial charge in [0.25, 0.3) is 5.69 Å². The third-order valence-corrected chi connectivity index (χ3v) is 6.16. The molecule has 0 saturated heterocycles. The minimum Gasteiger partial charge on any atom is -0.308 e. The van der Waals surface area contributed by atoms with Crippen molar-refractivity contribution in [3.8, 4) is 0 Å². The molecule has 0 aromatic heterocycles. The first-order valence-electron chi connectivity index (χ1n) is 8.42. The summed E-state index contributed by atoms with van der Waals surface area (Å²) < 4.78 is 26.3. The van der Waals surface area contributed by atoms with Crippen molar-refractivity contribution in [3.63, 3.8) is 0 Å². The minimum absolute atomic E-state index is 0.0839. The molecule has 0 heterocycles. The summed E-state index contributed by atoms with van der Waals surface area (Å²) >= 11 is 0. The van der Waals surface area contributed by atoms with Crippen LogP contribution in [-0.4, -0.2) is 30.7 Å². The van der Waals surface area contributed by atoms with Crippen molar-refractivity contribution in [1.82, 2.24) is 9.62 Å². The largest absolute Gasteiger partial charge is 0.308 e. The van der Waals surface area contributed by atoms with Gasteiger partial charge in [0, 0.05) is 37.8 Å². The Bertz CT molecular complexity index is 847. The molecule has 140 valence electrons. The second kappa shape index (κ2) is 8.88. The molecule has 0 atom stereocenters. The van der Waals surface area contributed by atoms with Crippen LogP contribution in [0.15, 0.2) is 53.4 Å². The molecule has 0 spiro atoms. The van der Waals surface area contributed by atoms with E-state index >= 15 is 0 Å². The molecule has 1 N–H and O–H groups in total. The van der Waals surface area contributed by atoms with Crippen molar-refractivity contribution in [2.75, 3.05) is 13.1 Å². The van der Waals surface area contributed by atoms with Crippen LogP contribution < -0.4 is 5.32 Å². The number of para-hydroxylation sites is 1. The average Bonchev–Trinajstić information content (AvgIpc) is 2.63. The minimum atomic E-state index is -3.46. The monoisotopic (exact) mass is 377 g/mol. The van der Waals surface area contributed by atoms with Crippen LogP contribution in [0.1, 0.15) is 25.0 Å². The number of nitrogens with one attached hydrogen (secondary N) is 1. The SMILES string of the molecule is CCN(CC)S(=O)(=O)c1ccc(CNCc2ccccc2[N+](=O)[O-])cc1. The van der Waals surface area contributed by atoms with Crippen LogP contribution in [-0.2, 0) is 23.1 Å². The van der Waals surface area contributed by atoms with E-state index in [9.17, 15) is 18.5 Å². The van der Waals surface area contributed by atoms with Gasteiger partial charge in [-0.15, -0.1) is 0 Å². The Balaban J connectivity index is 2.01. The van der Waals surface area contributed by atoms with Gasteiger partial charge in [-0.2, -0.15) is 4.31 Å². The fraction of sp³-hybridized carbons (Fsp3) is 0.333. The van der Waals surface area contributed by atoms with E-state index in [-0.39, 0.29) is 10.6 Å². The Morgan fingerprint density at radius 3 is 2.19 bits per heavy atom. The molecular formula is C18H23N3O4S. The predicted molar refractivity (Wildman–Crippen MR) is 100 cm³/mol. The lowest BCUT2D eigenvalue weighted by molar-refractivity contribution is -0.385. The van der Waals surface area contributed by atoms with Crippen LogP contribution in [0.3, 0.4) is 0 Å². The molecule has 26 heavy (non-hydrogen) atoms.